The van der Waals surface area contributed by atoms with Crippen molar-refractivity contribution < 1.29 is 4.74 Å². The van der Waals surface area contributed by atoms with E-state index in [0.29, 0.717) is 5.92 Å². The van der Waals surface area contributed by atoms with Crippen molar-refractivity contribution in [1.82, 2.24) is 0 Å². The van der Waals surface area contributed by atoms with Crippen LogP contribution in [0.25, 0.3) is 0 Å². The Labute approximate surface area is 105 Å². The zero-order chi connectivity index (χ0) is 12.7. The molecule has 0 spiro atoms. The van der Waals surface area contributed by atoms with Crippen molar-refractivity contribution in [3.05, 3.63) is 29.3 Å². The smallest absolute Gasteiger partial charge is 0.122 e. The normalized spacial score (nSPS) is 11.5. The minimum atomic E-state index is 0.425. The van der Waals surface area contributed by atoms with E-state index in [-0.39, 0.29) is 0 Å². The minimum absolute atomic E-state index is 0.425. The first-order valence-corrected chi connectivity index (χ1v) is 6.32. The number of ether oxygens (including phenoxy) is 1. The Morgan fingerprint density at radius 1 is 1.35 bits per heavy atom. The molecule has 1 aromatic rings. The van der Waals surface area contributed by atoms with E-state index in [0.717, 1.165) is 25.2 Å². The summed E-state index contributed by atoms with van der Waals surface area (Å²) in [5.74, 6) is 7.54. The van der Waals surface area contributed by atoms with Gasteiger partial charge in [0, 0.05) is 6.42 Å². The van der Waals surface area contributed by atoms with Crippen LogP contribution in [0.15, 0.2) is 18.2 Å². The Bertz CT molecular complexity index is 409. The van der Waals surface area contributed by atoms with Gasteiger partial charge in [-0.2, -0.15) is 0 Å². The molecule has 1 atom stereocenters. The monoisotopic (exact) mass is 230 g/mol. The maximum atomic E-state index is 5.79. The number of aryl methyl sites for hydroxylation is 1. The Morgan fingerprint density at radius 2 is 2.12 bits per heavy atom. The predicted octanol–water partition coefficient (Wildman–Crippen LogP) is 4.30. The first-order valence-electron chi connectivity index (χ1n) is 6.32. The third-order valence-corrected chi connectivity index (χ3v) is 2.74. The molecule has 0 saturated carbocycles. The van der Waals surface area contributed by atoms with Gasteiger partial charge in [-0.25, -0.2) is 0 Å². The molecule has 0 aromatic heterocycles. The van der Waals surface area contributed by atoms with E-state index < -0.39 is 0 Å². The summed E-state index contributed by atoms with van der Waals surface area (Å²) in [6.45, 7) is 9.11. The van der Waals surface area contributed by atoms with Gasteiger partial charge < -0.3 is 4.74 Å². The van der Waals surface area contributed by atoms with Crippen LogP contribution in [0.5, 0.6) is 5.75 Å². The fraction of sp³-hybridized carbons (Fsp3) is 0.500. The maximum Gasteiger partial charge on any atom is 0.122 e. The summed E-state index contributed by atoms with van der Waals surface area (Å²) >= 11 is 0. The quantitative estimate of drug-likeness (QED) is 0.685. The molecule has 0 bridgehead atoms. The van der Waals surface area contributed by atoms with E-state index in [2.05, 4.69) is 50.8 Å². The summed E-state index contributed by atoms with van der Waals surface area (Å²) in [6.07, 6.45) is 1.93. The van der Waals surface area contributed by atoms with Gasteiger partial charge in [-0.05, 0) is 37.8 Å². The average Bonchev–Trinajstić information content (AvgIpc) is 2.34. The molecule has 1 rings (SSSR count). The molecule has 0 aliphatic rings. The van der Waals surface area contributed by atoms with Crippen LogP contribution >= 0.6 is 0 Å². The third kappa shape index (κ3) is 4.15. The second-order valence-electron chi connectivity index (χ2n) is 4.42. The molecule has 1 heteroatoms. The van der Waals surface area contributed by atoms with Crippen molar-refractivity contribution in [1.29, 1.82) is 0 Å². The van der Waals surface area contributed by atoms with Crippen molar-refractivity contribution in [3.8, 4) is 17.6 Å². The predicted molar refractivity (Wildman–Crippen MR) is 73.4 cm³/mol. The van der Waals surface area contributed by atoms with Gasteiger partial charge in [-0.3, -0.25) is 0 Å². The van der Waals surface area contributed by atoms with Gasteiger partial charge in [-0.15, -0.1) is 11.8 Å². The molecule has 0 fully saturated rings. The van der Waals surface area contributed by atoms with Gasteiger partial charge in [0.2, 0.25) is 0 Å². The molecule has 17 heavy (non-hydrogen) atoms. The first-order chi connectivity index (χ1) is 8.19. The second kappa shape index (κ2) is 7.01. The van der Waals surface area contributed by atoms with Gasteiger partial charge in [0.25, 0.3) is 0 Å². The highest BCUT2D eigenvalue weighted by Crippen LogP contribution is 2.29. The summed E-state index contributed by atoms with van der Waals surface area (Å²) in [7, 11) is 0. The summed E-state index contributed by atoms with van der Waals surface area (Å²) in [5, 5.41) is 0. The topological polar surface area (TPSA) is 9.23 Å². The van der Waals surface area contributed by atoms with Gasteiger partial charge in [0.15, 0.2) is 0 Å². The fourth-order valence-corrected chi connectivity index (χ4v) is 1.76. The molecule has 0 amide bonds. The summed E-state index contributed by atoms with van der Waals surface area (Å²) < 4.78 is 5.79. The van der Waals surface area contributed by atoms with Crippen LogP contribution < -0.4 is 4.74 Å². The van der Waals surface area contributed by atoms with E-state index in [1.807, 2.05) is 6.92 Å². The molecule has 1 nitrogen and oxygen atoms in total. The lowest BCUT2D eigenvalue weighted by Gasteiger charge is -2.16. The van der Waals surface area contributed by atoms with Gasteiger partial charge >= 0.3 is 0 Å². The molecule has 92 valence electrons. The Balaban J connectivity index is 2.91. The van der Waals surface area contributed by atoms with Crippen molar-refractivity contribution >= 4 is 0 Å². The first kappa shape index (κ1) is 13.6. The Morgan fingerprint density at radius 3 is 2.76 bits per heavy atom. The van der Waals surface area contributed by atoms with E-state index in [1.54, 1.807) is 0 Å². The third-order valence-electron chi connectivity index (χ3n) is 2.74. The maximum absolute atomic E-state index is 5.79. The molecule has 0 aliphatic carbocycles. The molecular weight excluding hydrogens is 208 g/mol. The molecule has 0 radical (unpaired) electrons. The van der Waals surface area contributed by atoms with E-state index >= 15 is 0 Å². The van der Waals surface area contributed by atoms with Crippen molar-refractivity contribution in [3.63, 3.8) is 0 Å². The lowest BCUT2D eigenvalue weighted by Crippen LogP contribution is -2.02. The molecule has 0 saturated heterocycles. The van der Waals surface area contributed by atoms with Crippen molar-refractivity contribution in [2.75, 3.05) is 6.61 Å². The summed E-state index contributed by atoms with van der Waals surface area (Å²) in [6, 6.07) is 6.40. The van der Waals surface area contributed by atoms with Gasteiger partial charge in [0.1, 0.15) is 5.75 Å². The van der Waals surface area contributed by atoms with Crippen molar-refractivity contribution in [2.45, 2.75) is 46.5 Å². The van der Waals surface area contributed by atoms with Crippen LogP contribution in [0, 0.1) is 18.8 Å². The van der Waals surface area contributed by atoms with Gasteiger partial charge in [0.05, 0.1) is 6.61 Å². The van der Waals surface area contributed by atoms with Crippen LogP contribution in [0.1, 0.15) is 50.7 Å². The number of benzene rings is 1. The summed E-state index contributed by atoms with van der Waals surface area (Å²) in [5.41, 5.74) is 2.56. The zero-order valence-corrected chi connectivity index (χ0v) is 11.3. The van der Waals surface area contributed by atoms with Crippen LogP contribution in [0.3, 0.4) is 0 Å². The van der Waals surface area contributed by atoms with E-state index in [9.17, 15) is 0 Å². The highest BCUT2D eigenvalue weighted by Gasteiger charge is 2.11. The molecule has 1 aromatic carbocycles. The average molecular weight is 230 g/mol. The molecule has 1 unspecified atom stereocenters. The van der Waals surface area contributed by atoms with Crippen molar-refractivity contribution in [2.24, 2.45) is 0 Å². The minimum Gasteiger partial charge on any atom is -0.493 e. The standard InChI is InChI=1S/C16H22O/c1-5-7-8-14(4)15-12-13(3)9-10-16(15)17-11-6-2/h9-10,12,14H,6,8,11H2,1-4H3. The number of hydrogen-bond acceptors (Lipinski definition) is 1. The molecule has 0 heterocycles. The van der Waals surface area contributed by atoms with E-state index in [1.165, 1.54) is 11.1 Å². The number of hydrogen-bond donors (Lipinski definition) is 0. The lowest BCUT2D eigenvalue weighted by molar-refractivity contribution is 0.312. The molecule has 0 N–H and O–H groups in total. The van der Waals surface area contributed by atoms with Gasteiger partial charge in [-0.1, -0.05) is 31.5 Å². The highest BCUT2D eigenvalue weighted by atomic mass is 16.5. The molecular formula is C16H22O. The fourth-order valence-electron chi connectivity index (χ4n) is 1.76. The zero-order valence-electron chi connectivity index (χ0n) is 11.3. The number of rotatable bonds is 5. The lowest BCUT2D eigenvalue weighted by atomic mass is 9.95. The second-order valence-corrected chi connectivity index (χ2v) is 4.42. The highest BCUT2D eigenvalue weighted by molar-refractivity contribution is 5.39. The molecule has 0 aliphatic heterocycles. The van der Waals surface area contributed by atoms with Crippen LogP contribution in [-0.4, -0.2) is 6.61 Å². The van der Waals surface area contributed by atoms with Crippen LogP contribution in [0.2, 0.25) is 0 Å². The largest absolute Gasteiger partial charge is 0.493 e. The summed E-state index contributed by atoms with van der Waals surface area (Å²) in [4.78, 5) is 0. The van der Waals surface area contributed by atoms with E-state index in [4.69, 9.17) is 4.74 Å². The Hall–Kier alpha value is -1.42. The van der Waals surface area contributed by atoms with Crippen LogP contribution in [0.4, 0.5) is 0 Å². The SMILES string of the molecule is CC#CCC(C)c1cc(C)ccc1OCCC. The van der Waals surface area contributed by atoms with Crippen LogP contribution in [-0.2, 0) is 0 Å². The Kier molecular flexibility index (Phi) is 5.63.